The lowest BCUT2D eigenvalue weighted by Gasteiger charge is -2.35. The second-order valence-corrected chi connectivity index (χ2v) is 8.97. The molecule has 9 heteroatoms. The van der Waals surface area contributed by atoms with E-state index in [1.165, 1.54) is 17.7 Å². The Bertz CT molecular complexity index is 1210. The minimum absolute atomic E-state index is 0. The average Bonchev–Trinajstić information content (AvgIpc) is 3.12. The number of nitrogens with zero attached hydrogens (tertiary/aromatic N) is 4. The van der Waals surface area contributed by atoms with Crippen molar-refractivity contribution in [1.29, 1.82) is 0 Å². The number of benzene rings is 1. The highest BCUT2D eigenvalue weighted by molar-refractivity contribution is 5.85. The van der Waals surface area contributed by atoms with E-state index in [0.29, 0.717) is 45.6 Å². The normalized spacial score (nSPS) is 16.8. The van der Waals surface area contributed by atoms with Crippen LogP contribution in [0.15, 0.2) is 42.6 Å². The van der Waals surface area contributed by atoms with Crippen LogP contribution in [0.5, 0.6) is 0 Å². The third-order valence-corrected chi connectivity index (χ3v) is 6.85. The van der Waals surface area contributed by atoms with Crippen molar-refractivity contribution in [3.05, 3.63) is 65.2 Å². The Kier molecular flexibility index (Phi) is 7.19. The molecule has 4 heterocycles. The molecule has 0 aliphatic carbocycles. The fraction of sp³-hybridized carbons (Fsp3) is 0.400. The van der Waals surface area contributed by atoms with Gasteiger partial charge in [0.1, 0.15) is 11.5 Å². The number of aliphatic carboxylic acids is 1. The topological polar surface area (TPSA) is 78.7 Å². The molecule has 34 heavy (non-hydrogen) atoms. The summed E-state index contributed by atoms with van der Waals surface area (Å²) in [6.45, 7) is 2.96. The highest BCUT2D eigenvalue weighted by Crippen LogP contribution is 2.32. The van der Waals surface area contributed by atoms with Gasteiger partial charge < -0.3 is 14.6 Å². The van der Waals surface area contributed by atoms with Crippen molar-refractivity contribution >= 4 is 35.3 Å². The van der Waals surface area contributed by atoms with Gasteiger partial charge in [0.15, 0.2) is 0 Å². The molecule has 0 saturated carbocycles. The molecule has 2 aromatic heterocycles. The number of fused-ring (bicyclic) bond motifs is 3. The van der Waals surface area contributed by atoms with Gasteiger partial charge in [-0.25, -0.2) is 9.37 Å². The maximum Gasteiger partial charge on any atom is 0.317 e. The minimum atomic E-state index is -0.830. The first-order valence-corrected chi connectivity index (χ1v) is 11.4. The number of amides is 1. The van der Waals surface area contributed by atoms with Crippen LogP contribution in [-0.2, 0) is 29.1 Å². The van der Waals surface area contributed by atoms with Gasteiger partial charge in [0.05, 0.1) is 13.1 Å². The molecule has 1 N–H and O–H groups in total. The maximum atomic E-state index is 13.8. The van der Waals surface area contributed by atoms with Crippen LogP contribution in [0.3, 0.4) is 0 Å². The van der Waals surface area contributed by atoms with Crippen LogP contribution in [0, 0.1) is 11.7 Å². The van der Waals surface area contributed by atoms with Gasteiger partial charge in [-0.15, -0.1) is 12.4 Å². The van der Waals surface area contributed by atoms with Crippen molar-refractivity contribution in [2.45, 2.75) is 32.4 Å². The van der Waals surface area contributed by atoms with Crippen molar-refractivity contribution < 1.29 is 19.1 Å². The molecule has 3 aromatic rings. The molecule has 1 saturated heterocycles. The lowest BCUT2D eigenvalue weighted by atomic mass is 9.94. The van der Waals surface area contributed by atoms with Gasteiger partial charge >= 0.3 is 5.97 Å². The largest absolute Gasteiger partial charge is 0.480 e. The Balaban J connectivity index is 0.00000274. The van der Waals surface area contributed by atoms with Gasteiger partial charge in [-0.1, -0.05) is 12.1 Å². The minimum Gasteiger partial charge on any atom is -0.480 e. The molecular weight excluding hydrogens is 459 g/mol. The Morgan fingerprint density at radius 1 is 1.12 bits per heavy atom. The number of carbonyl (C=O) groups excluding carboxylic acids is 1. The van der Waals surface area contributed by atoms with Crippen LogP contribution in [0.1, 0.15) is 29.7 Å². The molecule has 180 valence electrons. The number of pyridine rings is 1. The third-order valence-electron chi connectivity index (χ3n) is 6.85. The number of hydrogen-bond donors (Lipinski definition) is 1. The predicted octanol–water partition coefficient (Wildman–Crippen LogP) is 3.33. The van der Waals surface area contributed by atoms with Crippen molar-refractivity contribution in [2.75, 3.05) is 26.2 Å². The molecular formula is C25H28ClFN4O3. The fourth-order valence-corrected chi connectivity index (χ4v) is 5.22. The zero-order chi connectivity index (χ0) is 22.9. The summed E-state index contributed by atoms with van der Waals surface area (Å²) in [4.78, 5) is 32.7. The Morgan fingerprint density at radius 2 is 1.91 bits per heavy atom. The second kappa shape index (κ2) is 10.1. The fourth-order valence-electron chi connectivity index (χ4n) is 5.22. The van der Waals surface area contributed by atoms with Gasteiger partial charge in [-0.2, -0.15) is 0 Å². The number of carbonyl (C=O) groups is 2. The van der Waals surface area contributed by atoms with Gasteiger partial charge in [0.2, 0.25) is 5.91 Å². The summed E-state index contributed by atoms with van der Waals surface area (Å²) in [5.74, 6) is -1.03. The Morgan fingerprint density at radius 3 is 2.65 bits per heavy atom. The quantitative estimate of drug-likeness (QED) is 0.598. The zero-order valence-corrected chi connectivity index (χ0v) is 19.6. The van der Waals surface area contributed by atoms with E-state index >= 15 is 0 Å². The zero-order valence-electron chi connectivity index (χ0n) is 18.8. The highest BCUT2D eigenvalue weighted by Gasteiger charge is 2.33. The molecule has 1 fully saturated rings. The van der Waals surface area contributed by atoms with Crippen molar-refractivity contribution in [3.8, 4) is 0 Å². The van der Waals surface area contributed by atoms with Crippen LogP contribution in [0.2, 0.25) is 0 Å². The monoisotopic (exact) mass is 486 g/mol. The summed E-state index contributed by atoms with van der Waals surface area (Å²) >= 11 is 0. The lowest BCUT2D eigenvalue weighted by molar-refractivity contribution is -0.140. The first kappa shape index (κ1) is 24.2. The number of carboxylic acid groups (broad SMARTS) is 1. The maximum absolute atomic E-state index is 13.8. The van der Waals surface area contributed by atoms with Gasteiger partial charge in [-0.3, -0.25) is 14.5 Å². The van der Waals surface area contributed by atoms with E-state index in [1.54, 1.807) is 12.3 Å². The molecule has 0 bridgehead atoms. The van der Waals surface area contributed by atoms with Crippen LogP contribution < -0.4 is 0 Å². The molecule has 7 nitrogen and oxygen atoms in total. The molecule has 0 atom stereocenters. The van der Waals surface area contributed by atoms with Crippen LogP contribution in [-0.4, -0.2) is 62.5 Å². The smallest absolute Gasteiger partial charge is 0.317 e. The molecule has 1 amide bonds. The first-order chi connectivity index (χ1) is 16.0. The third kappa shape index (κ3) is 4.79. The predicted molar refractivity (Wildman–Crippen MR) is 128 cm³/mol. The summed E-state index contributed by atoms with van der Waals surface area (Å²) < 4.78 is 15.9. The summed E-state index contributed by atoms with van der Waals surface area (Å²) in [6.07, 6.45) is 3.90. The van der Waals surface area contributed by atoms with E-state index in [-0.39, 0.29) is 36.6 Å². The van der Waals surface area contributed by atoms with Crippen LogP contribution >= 0.6 is 12.4 Å². The molecule has 0 radical (unpaired) electrons. The lowest BCUT2D eigenvalue weighted by Crippen LogP contribution is -2.45. The number of piperidine rings is 1. The number of rotatable bonds is 5. The van der Waals surface area contributed by atoms with E-state index in [4.69, 9.17) is 5.11 Å². The second-order valence-electron chi connectivity index (χ2n) is 8.97. The summed E-state index contributed by atoms with van der Waals surface area (Å²) in [5, 5.41) is 10.1. The van der Waals surface area contributed by atoms with E-state index in [9.17, 15) is 14.0 Å². The number of halogens is 2. The Labute approximate surface area is 203 Å². The molecule has 2 aliphatic rings. The molecule has 0 spiro atoms. The van der Waals surface area contributed by atoms with Crippen LogP contribution in [0.4, 0.5) is 4.39 Å². The SMILES string of the molecule is Cl.O=C(O)CN1CCC(C(=O)N2CCc3c(n(Cc4cccc(F)c4)c4ncccc34)C2)CC1. The first-order valence-electron chi connectivity index (χ1n) is 11.4. The van der Waals surface area contributed by atoms with Gasteiger partial charge in [0.25, 0.3) is 0 Å². The molecule has 1 aromatic carbocycles. The van der Waals surface area contributed by atoms with Gasteiger partial charge in [-0.05, 0) is 67.7 Å². The van der Waals surface area contributed by atoms with Gasteiger partial charge in [0, 0.05) is 36.3 Å². The average molecular weight is 487 g/mol. The standard InChI is InChI=1S/C25H27FN4O3.ClH/c26-19-4-1-3-17(13-19)14-30-22-15-29(12-8-20(22)21-5-2-9-27-24(21)30)25(33)18-6-10-28(11-7-18)16-23(31)32;/h1-5,9,13,18H,6-8,10-12,14-16H2,(H,31,32);1H. The summed E-state index contributed by atoms with van der Waals surface area (Å²) in [5.41, 5.74) is 4.00. The van der Waals surface area contributed by atoms with Crippen LogP contribution in [0.25, 0.3) is 11.0 Å². The summed E-state index contributed by atoms with van der Waals surface area (Å²) in [7, 11) is 0. The number of likely N-dealkylation sites (tertiary alicyclic amines) is 1. The molecule has 2 aliphatic heterocycles. The van der Waals surface area contributed by atoms with Crippen molar-refractivity contribution in [2.24, 2.45) is 5.92 Å². The van der Waals surface area contributed by atoms with Crippen molar-refractivity contribution in [3.63, 3.8) is 0 Å². The van der Waals surface area contributed by atoms with Crippen molar-refractivity contribution in [1.82, 2.24) is 19.4 Å². The van der Waals surface area contributed by atoms with E-state index in [0.717, 1.165) is 28.7 Å². The van der Waals surface area contributed by atoms with E-state index < -0.39 is 5.97 Å². The number of carboxylic acids is 1. The number of aromatic nitrogens is 2. The van der Waals surface area contributed by atoms with E-state index in [2.05, 4.69) is 15.6 Å². The molecule has 5 rings (SSSR count). The highest BCUT2D eigenvalue weighted by atomic mass is 35.5. The Hall–Kier alpha value is -2.97. The number of hydrogen-bond acceptors (Lipinski definition) is 4. The van der Waals surface area contributed by atoms with E-state index in [1.807, 2.05) is 21.9 Å². The molecule has 0 unspecified atom stereocenters. The summed E-state index contributed by atoms with van der Waals surface area (Å²) in [6, 6.07) is 10.6.